The molecule has 68 valence electrons. The van der Waals surface area contributed by atoms with E-state index in [1.54, 1.807) is 13.1 Å². The van der Waals surface area contributed by atoms with E-state index in [0.717, 1.165) is 17.7 Å². The van der Waals surface area contributed by atoms with E-state index in [9.17, 15) is 4.79 Å². The van der Waals surface area contributed by atoms with Gasteiger partial charge in [0.05, 0.1) is 5.69 Å². The highest BCUT2D eigenvalue weighted by Crippen LogP contribution is 2.07. The summed E-state index contributed by atoms with van der Waals surface area (Å²) in [7, 11) is 0. The normalized spacial score (nSPS) is 11.4. The number of carbonyl (C=O) groups excluding carboxylic acids is 1. The fourth-order valence-electron chi connectivity index (χ4n) is 1.09. The third-order valence-electron chi connectivity index (χ3n) is 1.84. The predicted molar refractivity (Wildman–Crippen MR) is 53.2 cm³/mol. The van der Waals surface area contributed by atoms with Crippen LogP contribution in [0.3, 0.4) is 0 Å². The molecule has 0 aromatic carbocycles. The lowest BCUT2D eigenvalue weighted by Crippen LogP contribution is -1.94. The van der Waals surface area contributed by atoms with Crippen molar-refractivity contribution in [2.75, 3.05) is 0 Å². The maximum absolute atomic E-state index is 11.1. The molecule has 1 heterocycles. The number of ketones is 1. The molecule has 0 saturated heterocycles. The Kier molecular flexibility index (Phi) is 3.38. The number of Topliss-reactive ketones (excluding diaryl/α,β-unsaturated/α-hetero) is 1. The number of pyridine rings is 1. The van der Waals surface area contributed by atoms with E-state index in [-0.39, 0.29) is 5.78 Å². The molecule has 0 N–H and O–H groups in total. The Morgan fingerprint density at radius 1 is 1.54 bits per heavy atom. The SMILES string of the molecule is CC/C(=C\c1ccccn1)C(C)=O. The monoisotopic (exact) mass is 175 g/mol. The van der Waals surface area contributed by atoms with Crippen molar-refractivity contribution < 1.29 is 4.79 Å². The van der Waals surface area contributed by atoms with E-state index in [1.807, 2.05) is 31.2 Å². The lowest BCUT2D eigenvalue weighted by Gasteiger charge is -1.98. The zero-order chi connectivity index (χ0) is 9.68. The number of allylic oxidation sites excluding steroid dienone is 1. The van der Waals surface area contributed by atoms with Gasteiger partial charge in [-0.3, -0.25) is 9.78 Å². The molecule has 1 aromatic heterocycles. The van der Waals surface area contributed by atoms with Gasteiger partial charge in [0.15, 0.2) is 5.78 Å². The molecule has 2 nitrogen and oxygen atoms in total. The standard InChI is InChI=1S/C11H13NO/c1-3-10(9(2)13)8-11-6-4-5-7-12-11/h4-8H,3H2,1-2H3/b10-8+. The molecule has 0 saturated carbocycles. The fourth-order valence-corrected chi connectivity index (χ4v) is 1.09. The third-order valence-corrected chi connectivity index (χ3v) is 1.84. The fraction of sp³-hybridized carbons (Fsp3) is 0.273. The summed E-state index contributed by atoms with van der Waals surface area (Å²) in [6.45, 7) is 3.55. The van der Waals surface area contributed by atoms with Crippen LogP contribution in [0.4, 0.5) is 0 Å². The van der Waals surface area contributed by atoms with Crippen molar-refractivity contribution in [2.45, 2.75) is 20.3 Å². The zero-order valence-electron chi connectivity index (χ0n) is 7.95. The van der Waals surface area contributed by atoms with Crippen LogP contribution in [0.1, 0.15) is 26.0 Å². The Hall–Kier alpha value is -1.44. The van der Waals surface area contributed by atoms with E-state index < -0.39 is 0 Å². The number of hydrogen-bond acceptors (Lipinski definition) is 2. The van der Waals surface area contributed by atoms with Crippen LogP contribution in [-0.2, 0) is 4.79 Å². The highest BCUT2D eigenvalue weighted by atomic mass is 16.1. The van der Waals surface area contributed by atoms with Crippen LogP contribution in [0.15, 0.2) is 30.0 Å². The summed E-state index contributed by atoms with van der Waals surface area (Å²) in [5.41, 5.74) is 1.66. The Bertz CT molecular complexity index is 314. The van der Waals surface area contributed by atoms with Crippen molar-refractivity contribution in [3.63, 3.8) is 0 Å². The van der Waals surface area contributed by atoms with Gasteiger partial charge < -0.3 is 0 Å². The Labute approximate surface area is 78.3 Å². The van der Waals surface area contributed by atoms with Crippen molar-refractivity contribution in [1.82, 2.24) is 4.98 Å². The zero-order valence-corrected chi connectivity index (χ0v) is 7.95. The molecule has 0 aliphatic carbocycles. The van der Waals surface area contributed by atoms with Crippen LogP contribution in [0.25, 0.3) is 6.08 Å². The minimum absolute atomic E-state index is 0.119. The molecular formula is C11H13NO. The Morgan fingerprint density at radius 3 is 2.77 bits per heavy atom. The van der Waals surface area contributed by atoms with Gasteiger partial charge in [-0.25, -0.2) is 0 Å². The second-order valence-electron chi connectivity index (χ2n) is 2.83. The number of aromatic nitrogens is 1. The average molecular weight is 175 g/mol. The molecule has 0 unspecified atom stereocenters. The summed E-state index contributed by atoms with van der Waals surface area (Å²) < 4.78 is 0. The molecular weight excluding hydrogens is 162 g/mol. The van der Waals surface area contributed by atoms with Gasteiger partial charge in [0.25, 0.3) is 0 Å². The Morgan fingerprint density at radius 2 is 2.31 bits per heavy atom. The van der Waals surface area contributed by atoms with Crippen LogP contribution >= 0.6 is 0 Å². The molecule has 0 radical (unpaired) electrons. The molecule has 2 heteroatoms. The first-order valence-electron chi connectivity index (χ1n) is 4.36. The van der Waals surface area contributed by atoms with Gasteiger partial charge >= 0.3 is 0 Å². The average Bonchev–Trinajstić information content (AvgIpc) is 2.15. The first kappa shape index (κ1) is 9.65. The van der Waals surface area contributed by atoms with Crippen molar-refractivity contribution in [3.05, 3.63) is 35.7 Å². The second kappa shape index (κ2) is 4.55. The highest BCUT2D eigenvalue weighted by molar-refractivity contribution is 5.97. The highest BCUT2D eigenvalue weighted by Gasteiger charge is 2.00. The number of nitrogens with zero attached hydrogens (tertiary/aromatic N) is 1. The number of carbonyl (C=O) groups is 1. The van der Waals surface area contributed by atoms with Crippen LogP contribution in [0, 0.1) is 0 Å². The molecule has 13 heavy (non-hydrogen) atoms. The first-order chi connectivity index (χ1) is 6.24. The third kappa shape index (κ3) is 2.82. The minimum atomic E-state index is 0.119. The van der Waals surface area contributed by atoms with E-state index in [1.165, 1.54) is 0 Å². The number of hydrogen-bond donors (Lipinski definition) is 0. The van der Waals surface area contributed by atoms with Crippen molar-refractivity contribution in [1.29, 1.82) is 0 Å². The molecule has 1 aromatic rings. The topological polar surface area (TPSA) is 30.0 Å². The minimum Gasteiger partial charge on any atom is -0.295 e. The van der Waals surface area contributed by atoms with Crippen LogP contribution in [0.5, 0.6) is 0 Å². The molecule has 1 rings (SSSR count). The maximum Gasteiger partial charge on any atom is 0.155 e. The van der Waals surface area contributed by atoms with Crippen molar-refractivity contribution in [3.8, 4) is 0 Å². The van der Waals surface area contributed by atoms with E-state index in [4.69, 9.17) is 0 Å². The Balaban J connectivity index is 2.92. The maximum atomic E-state index is 11.1. The van der Waals surface area contributed by atoms with Crippen LogP contribution in [-0.4, -0.2) is 10.8 Å². The molecule has 0 spiro atoms. The predicted octanol–water partition coefficient (Wildman–Crippen LogP) is 2.46. The van der Waals surface area contributed by atoms with E-state index in [2.05, 4.69) is 4.98 Å². The molecule has 0 amide bonds. The summed E-state index contributed by atoms with van der Waals surface area (Å²) in [4.78, 5) is 15.2. The molecule has 0 fully saturated rings. The summed E-state index contributed by atoms with van der Waals surface area (Å²) in [5.74, 6) is 0.119. The van der Waals surface area contributed by atoms with Gasteiger partial charge in [0.1, 0.15) is 0 Å². The van der Waals surface area contributed by atoms with Gasteiger partial charge in [-0.15, -0.1) is 0 Å². The van der Waals surface area contributed by atoms with E-state index in [0.29, 0.717) is 0 Å². The molecule has 0 aliphatic heterocycles. The van der Waals surface area contributed by atoms with Gasteiger partial charge in [0, 0.05) is 6.20 Å². The van der Waals surface area contributed by atoms with Gasteiger partial charge in [-0.2, -0.15) is 0 Å². The van der Waals surface area contributed by atoms with Gasteiger partial charge in [-0.05, 0) is 37.1 Å². The molecule has 0 aliphatic rings. The molecule has 0 atom stereocenters. The largest absolute Gasteiger partial charge is 0.295 e. The number of rotatable bonds is 3. The van der Waals surface area contributed by atoms with Crippen molar-refractivity contribution in [2.24, 2.45) is 0 Å². The molecule has 0 bridgehead atoms. The lowest BCUT2D eigenvalue weighted by atomic mass is 10.1. The second-order valence-corrected chi connectivity index (χ2v) is 2.83. The lowest BCUT2D eigenvalue weighted by molar-refractivity contribution is -0.113. The van der Waals surface area contributed by atoms with Crippen LogP contribution < -0.4 is 0 Å². The summed E-state index contributed by atoms with van der Waals surface area (Å²) in [6, 6.07) is 5.65. The van der Waals surface area contributed by atoms with Gasteiger partial charge in [0.2, 0.25) is 0 Å². The summed E-state index contributed by atoms with van der Waals surface area (Å²) in [5, 5.41) is 0. The van der Waals surface area contributed by atoms with Crippen LogP contribution in [0.2, 0.25) is 0 Å². The first-order valence-corrected chi connectivity index (χ1v) is 4.36. The summed E-state index contributed by atoms with van der Waals surface area (Å²) >= 11 is 0. The van der Waals surface area contributed by atoms with Gasteiger partial charge in [-0.1, -0.05) is 13.0 Å². The van der Waals surface area contributed by atoms with E-state index >= 15 is 0 Å². The quantitative estimate of drug-likeness (QED) is 0.660. The smallest absolute Gasteiger partial charge is 0.155 e. The van der Waals surface area contributed by atoms with Crippen molar-refractivity contribution >= 4 is 11.9 Å². The summed E-state index contributed by atoms with van der Waals surface area (Å²) in [6.07, 6.45) is 4.31.